The van der Waals surface area contributed by atoms with E-state index in [1.165, 1.54) is 12.5 Å². The van der Waals surface area contributed by atoms with Crippen molar-refractivity contribution in [3.05, 3.63) is 83.2 Å². The lowest BCUT2D eigenvalue weighted by molar-refractivity contribution is 0.233. The fourth-order valence-electron chi connectivity index (χ4n) is 5.01. The summed E-state index contributed by atoms with van der Waals surface area (Å²) in [5, 5.41) is 19.7. The number of nitrogens with zero attached hydrogens (tertiary/aromatic N) is 1. The van der Waals surface area contributed by atoms with Crippen molar-refractivity contribution in [1.82, 2.24) is 4.90 Å². The normalized spacial score (nSPS) is 20.0. The van der Waals surface area contributed by atoms with E-state index in [4.69, 9.17) is 9.47 Å². The Kier molecular flexibility index (Phi) is 6.39. The van der Waals surface area contributed by atoms with E-state index in [1.54, 1.807) is 24.3 Å². The van der Waals surface area contributed by atoms with Crippen LogP contribution in [-0.4, -0.2) is 41.4 Å². The van der Waals surface area contributed by atoms with Gasteiger partial charge >= 0.3 is 0 Å². The molecule has 5 rings (SSSR count). The van der Waals surface area contributed by atoms with Crippen LogP contribution in [0.5, 0.6) is 23.0 Å². The second-order valence-corrected chi connectivity index (χ2v) is 9.49. The average Bonchev–Trinajstić information content (AvgIpc) is 3.25. The van der Waals surface area contributed by atoms with Gasteiger partial charge in [0.25, 0.3) is 0 Å². The largest absolute Gasteiger partial charge is 0.508 e. The van der Waals surface area contributed by atoms with Crippen LogP contribution in [0.2, 0.25) is 0 Å². The molecule has 3 aromatic rings. The minimum atomic E-state index is -0.594. The maximum absolute atomic E-state index is 15.0. The van der Waals surface area contributed by atoms with Crippen LogP contribution in [-0.2, 0) is 0 Å². The van der Waals surface area contributed by atoms with Crippen LogP contribution in [0.3, 0.4) is 0 Å². The molecule has 0 bridgehead atoms. The third kappa shape index (κ3) is 4.84. The van der Waals surface area contributed by atoms with Gasteiger partial charge in [0.2, 0.25) is 0 Å². The van der Waals surface area contributed by atoms with Gasteiger partial charge in [-0.2, -0.15) is 0 Å². The van der Waals surface area contributed by atoms with Crippen LogP contribution in [0, 0.1) is 11.7 Å². The summed E-state index contributed by atoms with van der Waals surface area (Å²) in [5.74, 6) is 1.51. The number of fused-ring (bicyclic) bond motifs is 1. The minimum absolute atomic E-state index is 0.103. The van der Waals surface area contributed by atoms with E-state index < -0.39 is 11.9 Å². The highest BCUT2D eigenvalue weighted by atomic mass is 19.1. The van der Waals surface area contributed by atoms with Gasteiger partial charge in [-0.05, 0) is 73.3 Å². The van der Waals surface area contributed by atoms with Crippen LogP contribution in [0.4, 0.5) is 4.39 Å². The molecule has 5 nitrogen and oxygen atoms in total. The number of halogens is 1. The third-order valence-corrected chi connectivity index (χ3v) is 6.89. The molecule has 182 valence electrons. The summed E-state index contributed by atoms with van der Waals surface area (Å²) in [7, 11) is 0. The Bertz CT molecular complexity index is 1250. The van der Waals surface area contributed by atoms with Gasteiger partial charge in [-0.3, -0.25) is 4.90 Å². The Labute approximate surface area is 205 Å². The highest BCUT2D eigenvalue weighted by Gasteiger charge is 2.31. The lowest BCUT2D eigenvalue weighted by Gasteiger charge is -2.31. The fraction of sp³-hybridized carbons (Fsp3) is 0.310. The molecule has 0 saturated carbocycles. The second-order valence-electron chi connectivity index (χ2n) is 9.49. The van der Waals surface area contributed by atoms with E-state index in [1.807, 2.05) is 31.2 Å². The van der Waals surface area contributed by atoms with Gasteiger partial charge in [0, 0.05) is 41.9 Å². The predicted molar refractivity (Wildman–Crippen MR) is 134 cm³/mol. The van der Waals surface area contributed by atoms with Crippen molar-refractivity contribution in [1.29, 1.82) is 0 Å². The molecule has 2 N–H and O–H groups in total. The number of phenolic OH excluding ortho intramolecular Hbond substituents is 2. The third-order valence-electron chi connectivity index (χ3n) is 6.89. The zero-order chi connectivity index (χ0) is 24.5. The molecular weight excluding hydrogens is 445 g/mol. The second kappa shape index (κ2) is 9.62. The number of allylic oxidation sites excluding steroid dienone is 1. The summed E-state index contributed by atoms with van der Waals surface area (Å²) >= 11 is 0. The molecule has 1 saturated heterocycles. The number of hydrogen-bond donors (Lipinski definition) is 2. The number of aromatic hydroxyl groups is 2. The van der Waals surface area contributed by atoms with Crippen LogP contribution >= 0.6 is 0 Å². The quantitative estimate of drug-likeness (QED) is 0.456. The van der Waals surface area contributed by atoms with E-state index in [0.29, 0.717) is 23.5 Å². The molecule has 2 aliphatic rings. The molecule has 0 radical (unpaired) electrons. The molecule has 6 heteroatoms. The zero-order valence-corrected chi connectivity index (χ0v) is 20.0. The van der Waals surface area contributed by atoms with Gasteiger partial charge in [-0.25, -0.2) is 4.39 Å². The van der Waals surface area contributed by atoms with Gasteiger partial charge in [0.1, 0.15) is 41.5 Å². The zero-order valence-electron chi connectivity index (χ0n) is 20.0. The summed E-state index contributed by atoms with van der Waals surface area (Å²) in [5.41, 5.74) is 3.52. The van der Waals surface area contributed by atoms with Crippen LogP contribution in [0.15, 0.2) is 60.7 Å². The number of benzene rings is 3. The van der Waals surface area contributed by atoms with E-state index in [9.17, 15) is 14.6 Å². The van der Waals surface area contributed by atoms with Gasteiger partial charge in [0.05, 0.1) is 0 Å². The maximum atomic E-state index is 15.0. The first kappa shape index (κ1) is 23.2. The minimum Gasteiger partial charge on any atom is -0.508 e. The van der Waals surface area contributed by atoms with Gasteiger partial charge < -0.3 is 19.7 Å². The summed E-state index contributed by atoms with van der Waals surface area (Å²) in [6.45, 7) is 7.99. The van der Waals surface area contributed by atoms with Crippen molar-refractivity contribution in [2.45, 2.75) is 26.4 Å². The highest BCUT2D eigenvalue weighted by molar-refractivity contribution is 5.95. The molecule has 2 aliphatic heterocycles. The molecule has 0 spiro atoms. The maximum Gasteiger partial charge on any atom is 0.150 e. The van der Waals surface area contributed by atoms with Crippen LogP contribution < -0.4 is 9.47 Å². The molecule has 1 fully saturated rings. The van der Waals surface area contributed by atoms with E-state index in [0.717, 1.165) is 54.1 Å². The summed E-state index contributed by atoms with van der Waals surface area (Å²) in [4.78, 5) is 2.42. The van der Waals surface area contributed by atoms with E-state index >= 15 is 0 Å². The van der Waals surface area contributed by atoms with Crippen molar-refractivity contribution in [2.75, 3.05) is 26.2 Å². The molecule has 3 aromatic carbocycles. The highest BCUT2D eigenvalue weighted by Crippen LogP contribution is 2.48. The number of rotatable bonds is 6. The van der Waals surface area contributed by atoms with Crippen molar-refractivity contribution < 1.29 is 24.1 Å². The Morgan fingerprint density at radius 2 is 1.71 bits per heavy atom. The molecule has 2 atom stereocenters. The molecule has 2 heterocycles. The van der Waals surface area contributed by atoms with E-state index in [-0.39, 0.29) is 11.5 Å². The van der Waals surface area contributed by atoms with Gasteiger partial charge in [0.15, 0.2) is 0 Å². The Hall–Kier alpha value is -3.51. The fourth-order valence-corrected chi connectivity index (χ4v) is 5.01. The first-order chi connectivity index (χ1) is 16.9. The number of hydrogen-bond acceptors (Lipinski definition) is 5. The van der Waals surface area contributed by atoms with E-state index in [2.05, 4.69) is 11.8 Å². The number of ether oxygens (including phenoxy) is 2. The first-order valence-electron chi connectivity index (χ1n) is 12.0. The number of likely N-dealkylation sites (tertiary alicyclic amines) is 1. The van der Waals surface area contributed by atoms with Crippen LogP contribution in [0.1, 0.15) is 43.1 Å². The average molecular weight is 476 g/mol. The molecular formula is C29H30FNO4. The van der Waals surface area contributed by atoms with Crippen molar-refractivity contribution >= 4 is 11.1 Å². The molecule has 0 aliphatic carbocycles. The Morgan fingerprint density at radius 3 is 2.40 bits per heavy atom. The monoisotopic (exact) mass is 475 g/mol. The topological polar surface area (TPSA) is 62.2 Å². The molecule has 0 unspecified atom stereocenters. The Morgan fingerprint density at radius 1 is 1.00 bits per heavy atom. The summed E-state index contributed by atoms with van der Waals surface area (Å²) in [6.07, 6.45) is 0.650. The predicted octanol–water partition coefficient (Wildman–Crippen LogP) is 6.02. The lowest BCUT2D eigenvalue weighted by atomic mass is 9.86. The standard InChI is InChI=1S/C29H30FNO4/c1-18-11-12-31(17-18)13-14-34-23-7-3-20(4-8-23)29-28(25-10-6-21(32)15-26(25)30)19(2)24-9-5-22(33)16-27(24)35-29/h3-10,15-16,18,29,32-33H,11-14,17H2,1-2H3/t18-,29-/m1/s1. The van der Waals surface area contributed by atoms with Crippen molar-refractivity contribution in [3.8, 4) is 23.0 Å². The summed E-state index contributed by atoms with van der Waals surface area (Å²) in [6, 6.07) is 16.8. The molecule has 0 aromatic heterocycles. The number of phenols is 2. The molecule has 35 heavy (non-hydrogen) atoms. The van der Waals surface area contributed by atoms with Crippen molar-refractivity contribution in [2.24, 2.45) is 5.92 Å². The van der Waals surface area contributed by atoms with Gasteiger partial charge in [-0.15, -0.1) is 0 Å². The molecule has 0 amide bonds. The lowest BCUT2D eigenvalue weighted by Crippen LogP contribution is -2.25. The first-order valence-corrected chi connectivity index (χ1v) is 12.0. The smallest absolute Gasteiger partial charge is 0.150 e. The van der Waals surface area contributed by atoms with Gasteiger partial charge in [-0.1, -0.05) is 19.1 Å². The Balaban J connectivity index is 1.42. The van der Waals surface area contributed by atoms with Crippen LogP contribution in [0.25, 0.3) is 11.1 Å². The van der Waals surface area contributed by atoms with Crippen molar-refractivity contribution in [3.63, 3.8) is 0 Å². The SMILES string of the molecule is CC1=C(c2ccc(O)cc2F)[C@@H](c2ccc(OCCN3CC[C@@H](C)C3)cc2)Oc2cc(O)ccc21. The summed E-state index contributed by atoms with van der Waals surface area (Å²) < 4.78 is 27.3.